The molecule has 4 nitrogen and oxygen atoms in total. The van der Waals surface area contributed by atoms with Crippen molar-refractivity contribution >= 4 is 43.4 Å². The van der Waals surface area contributed by atoms with E-state index in [1.165, 1.54) is 0 Å². The minimum atomic E-state index is -3.56. The summed E-state index contributed by atoms with van der Waals surface area (Å²) < 4.78 is 42.8. The molecule has 0 amide bonds. The van der Waals surface area contributed by atoms with Crippen LogP contribution in [0.5, 0.6) is 0 Å². The Hall–Kier alpha value is -1.29. The fourth-order valence-corrected chi connectivity index (χ4v) is 7.84. The van der Waals surface area contributed by atoms with Crippen molar-refractivity contribution in [2.75, 3.05) is 17.5 Å². The summed E-state index contributed by atoms with van der Waals surface area (Å²) in [6.45, 7) is 4.78. The van der Waals surface area contributed by atoms with E-state index in [0.717, 1.165) is 50.2 Å². The Morgan fingerprint density at radius 3 is 2.24 bits per heavy atom. The summed E-state index contributed by atoms with van der Waals surface area (Å²) in [4.78, 5) is 2.07. The molecule has 33 heavy (non-hydrogen) atoms. The summed E-state index contributed by atoms with van der Waals surface area (Å²) in [5.41, 5.74) is 3.31. The summed E-state index contributed by atoms with van der Waals surface area (Å²) in [6, 6.07) is 14.9. The smallest absolute Gasteiger partial charge is 0.243 e. The van der Waals surface area contributed by atoms with Crippen LogP contribution in [0.4, 0.5) is 0 Å². The first kappa shape index (κ1) is 24.8. The van der Waals surface area contributed by atoms with Gasteiger partial charge in [0.05, 0.1) is 15.7 Å². The van der Waals surface area contributed by atoms with E-state index in [1.807, 2.05) is 50.2 Å². The van der Waals surface area contributed by atoms with Gasteiger partial charge in [0.1, 0.15) is 0 Å². The molecule has 1 aliphatic heterocycles. The van der Waals surface area contributed by atoms with E-state index in [2.05, 4.69) is 34.7 Å². The number of nitrogens with zero attached hydrogens (tertiary/aromatic N) is 1. The number of rotatable bonds is 8. The zero-order valence-corrected chi connectivity index (χ0v) is 22.8. The molecule has 1 heterocycles. The molecule has 0 aromatic heterocycles. The highest BCUT2D eigenvalue weighted by molar-refractivity contribution is 14.1. The van der Waals surface area contributed by atoms with Gasteiger partial charge in [0.2, 0.25) is 10.0 Å². The van der Waals surface area contributed by atoms with Gasteiger partial charge in [-0.25, -0.2) is 12.6 Å². The van der Waals surface area contributed by atoms with Crippen molar-refractivity contribution in [3.63, 3.8) is 0 Å². The Balaban J connectivity index is 1.62. The van der Waals surface area contributed by atoms with Gasteiger partial charge in [-0.15, -0.1) is 0 Å². The first-order valence-corrected chi connectivity index (χ1v) is 15.4. The average molecular weight is 596 g/mol. The first-order valence-electron chi connectivity index (χ1n) is 11.3. The number of aryl methyl sites for hydroxylation is 2. The van der Waals surface area contributed by atoms with Gasteiger partial charge in [-0.05, 0) is 55.4 Å². The summed E-state index contributed by atoms with van der Waals surface area (Å²) >= 11 is 2.39. The van der Waals surface area contributed by atoms with Gasteiger partial charge in [-0.1, -0.05) is 82.1 Å². The van der Waals surface area contributed by atoms with E-state index in [-0.39, 0.29) is 11.8 Å². The zero-order valence-electron chi connectivity index (χ0n) is 19.0. The number of allylic oxidation sites excluding steroid dienone is 2. The third kappa shape index (κ3) is 5.52. The molecule has 1 saturated heterocycles. The van der Waals surface area contributed by atoms with Gasteiger partial charge in [-0.3, -0.25) is 0 Å². The van der Waals surface area contributed by atoms with Crippen LogP contribution in [0, 0.1) is 25.7 Å². The van der Waals surface area contributed by atoms with E-state index >= 15 is 0 Å². The molecule has 0 saturated carbocycles. The third-order valence-corrected chi connectivity index (χ3v) is 10.5. The predicted octanol–water partition coefficient (Wildman–Crippen LogP) is 5.78. The highest BCUT2D eigenvalue weighted by atomic mass is 127. The van der Waals surface area contributed by atoms with Gasteiger partial charge in [-0.2, -0.15) is 4.31 Å². The van der Waals surface area contributed by atoms with Crippen molar-refractivity contribution in [3.05, 3.63) is 82.3 Å². The van der Waals surface area contributed by atoms with Crippen molar-refractivity contribution in [3.8, 4) is 0 Å². The van der Waals surface area contributed by atoms with Gasteiger partial charge in [0, 0.05) is 34.7 Å². The molecule has 1 fully saturated rings. The Bertz CT molecular complexity index is 1190. The molecule has 2 aromatic rings. The molecule has 0 N–H and O–H groups in total. The minimum absolute atomic E-state index is 0.0181. The van der Waals surface area contributed by atoms with E-state index < -0.39 is 20.8 Å². The summed E-state index contributed by atoms with van der Waals surface area (Å²) in [6.07, 6.45) is 7.44. The van der Waals surface area contributed by atoms with Crippen LogP contribution < -0.4 is 0 Å². The highest BCUT2D eigenvalue weighted by Gasteiger charge is 2.38. The van der Waals surface area contributed by atoms with Crippen molar-refractivity contribution in [1.29, 1.82) is 0 Å². The van der Waals surface area contributed by atoms with Gasteiger partial charge >= 0.3 is 0 Å². The molecule has 2 aliphatic rings. The fourth-order valence-electron chi connectivity index (χ4n) is 4.44. The Morgan fingerprint density at radius 1 is 0.970 bits per heavy atom. The molecule has 0 radical (unpaired) electrons. The molecule has 2 aromatic carbocycles. The molecular weight excluding hydrogens is 565 g/mol. The molecule has 1 aliphatic carbocycles. The van der Waals surface area contributed by atoms with Gasteiger partial charge in [0.15, 0.2) is 0 Å². The van der Waals surface area contributed by atoms with Crippen LogP contribution in [0.2, 0.25) is 0 Å². The lowest BCUT2D eigenvalue weighted by atomic mass is 9.88. The maximum atomic E-state index is 13.6. The van der Waals surface area contributed by atoms with Crippen molar-refractivity contribution in [2.45, 2.75) is 42.9 Å². The molecule has 7 heteroatoms. The van der Waals surface area contributed by atoms with E-state index in [4.69, 9.17) is 0 Å². The number of halogens is 1. The Morgan fingerprint density at radius 2 is 1.61 bits per heavy atom. The lowest BCUT2D eigenvalue weighted by molar-refractivity contribution is 0.471. The van der Waals surface area contributed by atoms with Crippen LogP contribution in [-0.2, 0) is 20.8 Å². The summed E-state index contributed by atoms with van der Waals surface area (Å²) in [5.74, 6) is 0.0683. The Kier molecular flexibility index (Phi) is 7.93. The summed E-state index contributed by atoms with van der Waals surface area (Å²) in [7, 11) is -4.81. The van der Waals surface area contributed by atoms with Crippen LogP contribution in [-0.4, -0.2) is 34.4 Å². The van der Waals surface area contributed by atoms with E-state index in [1.54, 1.807) is 16.4 Å². The number of hydrogen-bond donors (Lipinski definition) is 0. The maximum Gasteiger partial charge on any atom is 0.243 e. The van der Waals surface area contributed by atoms with Gasteiger partial charge < -0.3 is 0 Å². The third-order valence-electron chi connectivity index (χ3n) is 6.39. The molecule has 4 rings (SSSR count). The van der Waals surface area contributed by atoms with Crippen molar-refractivity contribution in [1.82, 2.24) is 4.31 Å². The van der Waals surface area contributed by atoms with Gasteiger partial charge in [0.25, 0.3) is 0 Å². The zero-order chi connectivity index (χ0) is 23.6. The molecule has 176 valence electrons. The minimum Gasteiger partial charge on any atom is -0.249 e. The lowest BCUT2D eigenvalue weighted by Gasteiger charge is -2.24. The largest absolute Gasteiger partial charge is 0.249 e. The SMILES string of the molecule is Cc1ccc([S@](=O)C2=C[C@H]3CN(S(=O)(=O)c4ccc(C)cc4)CC3=C[C@H]2CCCCI)cc1. The molecule has 0 bridgehead atoms. The second-order valence-corrected chi connectivity index (χ2v) is 13.4. The average Bonchev–Trinajstić information content (AvgIpc) is 3.23. The second-order valence-electron chi connectivity index (χ2n) is 8.90. The number of sulfonamides is 1. The predicted molar refractivity (Wildman–Crippen MR) is 143 cm³/mol. The van der Waals surface area contributed by atoms with Crippen LogP contribution in [0.25, 0.3) is 0 Å². The highest BCUT2D eigenvalue weighted by Crippen LogP contribution is 2.39. The number of fused-ring (bicyclic) bond motifs is 1. The maximum absolute atomic E-state index is 13.6. The quantitative estimate of drug-likeness (QED) is 0.168. The Labute approximate surface area is 213 Å². The number of benzene rings is 2. The van der Waals surface area contributed by atoms with Crippen LogP contribution >= 0.6 is 22.6 Å². The van der Waals surface area contributed by atoms with Crippen LogP contribution in [0.15, 0.2) is 81.0 Å². The number of alkyl halides is 1. The molecular formula is C26H30INO3S2. The standard InChI is InChI=1S/C26H30INO3S2/c1-19-6-10-24(11-7-19)32(29)26-16-23-18-28(17-22(23)15-21(26)5-3-4-14-27)33(30,31)25-12-8-20(2)9-13-25/h6-13,15-16,21,23H,3-5,14,17-18H2,1-2H3/t21-,23+,32+/m1/s1. The van der Waals surface area contributed by atoms with E-state index in [0.29, 0.717) is 18.0 Å². The van der Waals surface area contributed by atoms with Crippen molar-refractivity contribution < 1.29 is 12.6 Å². The molecule has 0 spiro atoms. The van der Waals surface area contributed by atoms with E-state index in [9.17, 15) is 12.6 Å². The lowest BCUT2D eigenvalue weighted by Crippen LogP contribution is -2.28. The number of hydrogen-bond acceptors (Lipinski definition) is 3. The normalized spacial score (nSPS) is 21.9. The monoisotopic (exact) mass is 595 g/mol. The molecule has 3 atom stereocenters. The van der Waals surface area contributed by atoms with Crippen LogP contribution in [0.1, 0.15) is 30.4 Å². The van der Waals surface area contributed by atoms with Crippen LogP contribution in [0.3, 0.4) is 0 Å². The fraction of sp³-hybridized carbons (Fsp3) is 0.385. The number of unbranched alkanes of at least 4 members (excludes halogenated alkanes) is 1. The first-order chi connectivity index (χ1) is 15.8. The summed E-state index contributed by atoms with van der Waals surface area (Å²) in [5, 5.41) is 0. The second kappa shape index (κ2) is 10.5. The van der Waals surface area contributed by atoms with Crippen molar-refractivity contribution in [2.24, 2.45) is 11.8 Å². The topological polar surface area (TPSA) is 54.5 Å². The molecule has 0 unspecified atom stereocenters.